The second-order valence-corrected chi connectivity index (χ2v) is 5.09. The van der Waals surface area contributed by atoms with Crippen molar-refractivity contribution in [3.8, 4) is 0 Å². The van der Waals surface area contributed by atoms with Crippen LogP contribution in [0.1, 0.15) is 29.6 Å². The van der Waals surface area contributed by atoms with E-state index < -0.39 is 23.5 Å². The Hall–Kier alpha value is -2.15. The summed E-state index contributed by atoms with van der Waals surface area (Å²) < 4.78 is 12.8. The zero-order valence-electron chi connectivity index (χ0n) is 11.0. The highest BCUT2D eigenvalue weighted by atomic mass is 32.1. The van der Waals surface area contributed by atoms with E-state index in [9.17, 15) is 18.8 Å². The molecule has 0 bridgehead atoms. The van der Waals surface area contributed by atoms with E-state index in [2.05, 4.69) is 10.6 Å². The van der Waals surface area contributed by atoms with Crippen LogP contribution < -0.4 is 10.6 Å². The van der Waals surface area contributed by atoms with E-state index in [4.69, 9.17) is 12.2 Å². The molecule has 0 spiro atoms. The van der Waals surface area contributed by atoms with Gasteiger partial charge in [0.1, 0.15) is 11.7 Å². The van der Waals surface area contributed by atoms with E-state index in [0.29, 0.717) is 12.0 Å². The molecule has 0 atom stereocenters. The van der Waals surface area contributed by atoms with E-state index in [1.807, 2.05) is 0 Å². The zero-order chi connectivity index (χ0) is 15.4. The van der Waals surface area contributed by atoms with E-state index in [1.54, 1.807) is 0 Å². The molecule has 7 heteroatoms. The monoisotopic (exact) mass is 308 g/mol. The molecule has 0 saturated carbocycles. The van der Waals surface area contributed by atoms with Crippen molar-refractivity contribution in [2.45, 2.75) is 19.3 Å². The van der Waals surface area contributed by atoms with Crippen LogP contribution in [-0.2, 0) is 9.59 Å². The summed E-state index contributed by atoms with van der Waals surface area (Å²) in [5.74, 6) is -2.28. The number of thiocarbonyl (C=S) groups is 1. The molecule has 1 aromatic rings. The molecular weight excluding hydrogens is 295 g/mol. The maximum Gasteiger partial charge on any atom is 0.238 e. The molecule has 21 heavy (non-hydrogen) atoms. The van der Waals surface area contributed by atoms with E-state index in [1.165, 1.54) is 24.3 Å². The lowest BCUT2D eigenvalue weighted by Crippen LogP contribution is -2.55. The summed E-state index contributed by atoms with van der Waals surface area (Å²) in [5, 5.41) is 4.74. The van der Waals surface area contributed by atoms with Crippen molar-refractivity contribution in [1.82, 2.24) is 10.6 Å². The first-order chi connectivity index (χ1) is 9.97. The van der Waals surface area contributed by atoms with Gasteiger partial charge < -0.3 is 10.6 Å². The van der Waals surface area contributed by atoms with Crippen LogP contribution in [0.25, 0.3) is 0 Å². The van der Waals surface area contributed by atoms with Gasteiger partial charge in [-0.25, -0.2) is 4.39 Å². The Morgan fingerprint density at radius 1 is 1.14 bits per heavy atom. The van der Waals surface area contributed by atoms with Crippen molar-refractivity contribution in [2.24, 2.45) is 5.92 Å². The van der Waals surface area contributed by atoms with Crippen molar-refractivity contribution in [3.05, 3.63) is 35.6 Å². The smallest absolute Gasteiger partial charge is 0.238 e. The van der Waals surface area contributed by atoms with E-state index in [-0.39, 0.29) is 23.7 Å². The minimum absolute atomic E-state index is 0.00337. The van der Waals surface area contributed by atoms with Crippen LogP contribution in [-0.4, -0.2) is 22.7 Å². The molecule has 1 fully saturated rings. The first-order valence-electron chi connectivity index (χ1n) is 6.42. The number of nitrogens with one attached hydrogen (secondary N) is 2. The number of benzene rings is 1. The number of amides is 2. The molecule has 1 heterocycles. The minimum Gasteiger partial charge on any atom is -0.302 e. The number of carbonyl (C=O) groups is 3. The minimum atomic E-state index is -0.835. The molecule has 110 valence electrons. The van der Waals surface area contributed by atoms with Crippen molar-refractivity contribution in [3.63, 3.8) is 0 Å². The third-order valence-corrected chi connectivity index (χ3v) is 3.37. The SMILES string of the molecule is O=C(CCCC1C(=O)NC(=S)NC1=O)c1ccc(F)cc1. The Bertz CT molecular complexity index is 581. The van der Waals surface area contributed by atoms with Crippen LogP contribution in [0, 0.1) is 11.7 Å². The van der Waals surface area contributed by atoms with Gasteiger partial charge in [0, 0.05) is 12.0 Å². The first kappa shape index (κ1) is 15.2. The lowest BCUT2D eigenvalue weighted by atomic mass is 9.96. The molecule has 2 N–H and O–H groups in total. The summed E-state index contributed by atoms with van der Waals surface area (Å²) in [4.78, 5) is 35.1. The number of hydrogen-bond acceptors (Lipinski definition) is 4. The highest BCUT2D eigenvalue weighted by molar-refractivity contribution is 7.80. The molecule has 1 saturated heterocycles. The number of Topliss-reactive ketones (excluding diaryl/α,β-unsaturated/α-hetero) is 1. The summed E-state index contributed by atoms with van der Waals surface area (Å²) in [6.07, 6.45) is 0.828. The van der Waals surface area contributed by atoms with Crippen LogP contribution in [0.3, 0.4) is 0 Å². The van der Waals surface area contributed by atoms with Gasteiger partial charge in [-0.3, -0.25) is 14.4 Å². The second kappa shape index (κ2) is 6.53. The molecule has 0 unspecified atom stereocenters. The van der Waals surface area contributed by atoms with E-state index in [0.717, 1.165) is 0 Å². The predicted octanol–water partition coefficient (Wildman–Crippen LogP) is 1.33. The average molecular weight is 308 g/mol. The Morgan fingerprint density at radius 2 is 1.71 bits per heavy atom. The quantitative estimate of drug-likeness (QED) is 0.489. The van der Waals surface area contributed by atoms with Crippen molar-refractivity contribution < 1.29 is 18.8 Å². The van der Waals surface area contributed by atoms with E-state index >= 15 is 0 Å². The number of carbonyl (C=O) groups excluding carboxylic acids is 3. The first-order valence-corrected chi connectivity index (χ1v) is 6.82. The lowest BCUT2D eigenvalue weighted by molar-refractivity contribution is -0.135. The predicted molar refractivity (Wildman–Crippen MR) is 77.0 cm³/mol. The number of rotatable bonds is 5. The van der Waals surface area contributed by atoms with Crippen LogP contribution in [0.2, 0.25) is 0 Å². The van der Waals surface area contributed by atoms with Gasteiger partial charge in [0.05, 0.1) is 0 Å². The summed E-state index contributed by atoms with van der Waals surface area (Å²) in [6.45, 7) is 0. The van der Waals surface area contributed by atoms with Gasteiger partial charge in [0.25, 0.3) is 0 Å². The maximum atomic E-state index is 12.8. The maximum absolute atomic E-state index is 12.8. The normalized spacial score (nSPS) is 15.6. The zero-order valence-corrected chi connectivity index (χ0v) is 11.8. The molecule has 2 amide bonds. The Morgan fingerprint density at radius 3 is 2.29 bits per heavy atom. The molecule has 1 aliphatic heterocycles. The Balaban J connectivity index is 1.85. The molecule has 0 aromatic heterocycles. The molecular formula is C14H13FN2O3S. The van der Waals surface area contributed by atoms with Gasteiger partial charge in [0.15, 0.2) is 10.9 Å². The third-order valence-electron chi connectivity index (χ3n) is 3.17. The number of hydrogen-bond donors (Lipinski definition) is 2. The molecule has 0 aliphatic carbocycles. The van der Waals surface area contributed by atoms with Crippen LogP contribution in [0.15, 0.2) is 24.3 Å². The summed E-state index contributed by atoms with van der Waals surface area (Å²) in [7, 11) is 0. The fraction of sp³-hybridized carbons (Fsp3) is 0.286. The van der Waals surface area contributed by atoms with Crippen LogP contribution in [0.4, 0.5) is 4.39 Å². The lowest BCUT2D eigenvalue weighted by Gasteiger charge is -2.22. The van der Waals surface area contributed by atoms with Gasteiger partial charge in [-0.1, -0.05) is 0 Å². The van der Waals surface area contributed by atoms with Crippen molar-refractivity contribution in [2.75, 3.05) is 0 Å². The second-order valence-electron chi connectivity index (χ2n) is 4.68. The van der Waals surface area contributed by atoms with Gasteiger partial charge in [-0.05, 0) is 49.3 Å². The fourth-order valence-electron chi connectivity index (χ4n) is 2.06. The molecule has 5 nitrogen and oxygen atoms in total. The largest absolute Gasteiger partial charge is 0.302 e. The van der Waals surface area contributed by atoms with Crippen LogP contribution in [0.5, 0.6) is 0 Å². The standard InChI is InChI=1S/C14H13FN2O3S/c15-9-6-4-8(5-7-9)11(18)3-1-2-10-12(19)16-14(21)17-13(10)20/h4-7,10H,1-3H2,(H2,16,17,19,20,21). The molecule has 0 radical (unpaired) electrons. The highest BCUT2D eigenvalue weighted by Crippen LogP contribution is 2.14. The third kappa shape index (κ3) is 3.91. The summed E-state index contributed by atoms with van der Waals surface area (Å²) in [5.41, 5.74) is 0.412. The molecule has 1 aliphatic rings. The van der Waals surface area contributed by atoms with Gasteiger partial charge in [-0.15, -0.1) is 0 Å². The van der Waals surface area contributed by atoms with Gasteiger partial charge >= 0.3 is 0 Å². The Labute approximate surface area is 125 Å². The fourth-order valence-corrected chi connectivity index (χ4v) is 2.26. The van der Waals surface area contributed by atoms with Crippen LogP contribution >= 0.6 is 12.2 Å². The van der Waals surface area contributed by atoms with Gasteiger partial charge in [-0.2, -0.15) is 0 Å². The summed E-state index contributed by atoms with van der Waals surface area (Å²) in [6, 6.07) is 5.26. The van der Waals surface area contributed by atoms with Gasteiger partial charge in [0.2, 0.25) is 11.8 Å². The van der Waals surface area contributed by atoms with Crippen molar-refractivity contribution >= 4 is 34.9 Å². The molecule has 1 aromatic carbocycles. The number of halogens is 1. The molecule has 2 rings (SSSR count). The topological polar surface area (TPSA) is 75.3 Å². The van der Waals surface area contributed by atoms with Crippen molar-refractivity contribution in [1.29, 1.82) is 0 Å². The Kier molecular flexibility index (Phi) is 4.74. The summed E-state index contributed by atoms with van der Waals surface area (Å²) >= 11 is 4.69. The highest BCUT2D eigenvalue weighted by Gasteiger charge is 2.31. The average Bonchev–Trinajstić information content (AvgIpc) is 2.42. The number of ketones is 1.